The molecule has 0 unspecified atom stereocenters. The van der Waals surface area contributed by atoms with E-state index in [1.165, 1.54) is 9.47 Å². The van der Waals surface area contributed by atoms with Crippen molar-refractivity contribution in [2.24, 2.45) is 11.8 Å². The van der Waals surface area contributed by atoms with Gasteiger partial charge in [-0.05, 0) is 37.7 Å². The number of aryl methyl sites for hydroxylation is 1. The second-order valence-corrected chi connectivity index (χ2v) is 9.62. The zero-order valence-corrected chi connectivity index (χ0v) is 19.6. The Morgan fingerprint density at radius 1 is 1.27 bits per heavy atom. The van der Waals surface area contributed by atoms with Crippen LogP contribution in [0.5, 0.6) is 0 Å². The number of anilines is 2. The SMILES string of the molecule is Cc1noc2nc(C3CC3)cc(C(=O)N(CC(C)C)c3c(N)n(CC(C)C)c(=O)[nH]c3=O)c12. The number of carbonyl (C=O) groups is 1. The number of carbonyl (C=O) groups excluding carboxylic acids is 1. The van der Waals surface area contributed by atoms with Gasteiger partial charge in [0.15, 0.2) is 5.69 Å². The number of hydrogen-bond acceptors (Lipinski definition) is 7. The fourth-order valence-electron chi connectivity index (χ4n) is 4.04. The van der Waals surface area contributed by atoms with Gasteiger partial charge in [0, 0.05) is 24.7 Å². The van der Waals surface area contributed by atoms with Crippen molar-refractivity contribution in [1.82, 2.24) is 19.7 Å². The molecule has 1 saturated carbocycles. The summed E-state index contributed by atoms with van der Waals surface area (Å²) in [5.41, 5.74) is 7.01. The number of nitrogens with zero attached hydrogens (tertiary/aromatic N) is 4. The molecular weight excluding hydrogens is 424 g/mol. The summed E-state index contributed by atoms with van der Waals surface area (Å²) in [7, 11) is 0. The van der Waals surface area contributed by atoms with Gasteiger partial charge in [0.05, 0.1) is 16.6 Å². The maximum atomic E-state index is 14.0. The van der Waals surface area contributed by atoms with Crippen LogP contribution in [0.4, 0.5) is 11.5 Å². The Hall–Kier alpha value is -3.43. The van der Waals surface area contributed by atoms with E-state index in [2.05, 4.69) is 15.1 Å². The molecule has 1 fully saturated rings. The standard InChI is InChI=1S/C23H30N6O4/c1-11(2)9-28(18-19(24)29(10-12(3)4)23(32)26-20(18)30)22(31)15-8-16(14-6-7-14)25-21-17(15)13(5)27-33-21/h8,11-12,14H,6-7,9-10,24H2,1-5H3,(H,26,30,32). The van der Waals surface area contributed by atoms with Crippen molar-refractivity contribution < 1.29 is 9.32 Å². The maximum Gasteiger partial charge on any atom is 0.330 e. The average Bonchev–Trinajstić information content (AvgIpc) is 3.52. The highest BCUT2D eigenvalue weighted by Crippen LogP contribution is 2.40. The molecule has 0 aliphatic heterocycles. The largest absolute Gasteiger partial charge is 0.383 e. The van der Waals surface area contributed by atoms with Crippen LogP contribution in [0.15, 0.2) is 20.2 Å². The van der Waals surface area contributed by atoms with Crippen LogP contribution in [0.2, 0.25) is 0 Å². The molecule has 0 aromatic carbocycles. The highest BCUT2D eigenvalue weighted by Gasteiger charge is 2.32. The molecule has 1 aliphatic carbocycles. The van der Waals surface area contributed by atoms with E-state index < -0.39 is 17.2 Å². The molecule has 0 radical (unpaired) electrons. The van der Waals surface area contributed by atoms with Crippen LogP contribution in [0.25, 0.3) is 11.1 Å². The van der Waals surface area contributed by atoms with E-state index in [0.29, 0.717) is 28.9 Å². The van der Waals surface area contributed by atoms with Gasteiger partial charge in [0.1, 0.15) is 5.82 Å². The van der Waals surface area contributed by atoms with Crippen LogP contribution >= 0.6 is 0 Å². The van der Waals surface area contributed by atoms with E-state index in [1.807, 2.05) is 27.7 Å². The van der Waals surface area contributed by atoms with Crippen LogP contribution in [0.3, 0.4) is 0 Å². The number of hydrogen-bond donors (Lipinski definition) is 2. The quantitative estimate of drug-likeness (QED) is 0.559. The third-order valence-electron chi connectivity index (χ3n) is 5.69. The molecule has 1 amide bonds. The Bertz CT molecular complexity index is 1330. The third-order valence-corrected chi connectivity index (χ3v) is 5.69. The number of H-pyrrole nitrogens is 1. The van der Waals surface area contributed by atoms with Gasteiger partial charge in [-0.2, -0.15) is 0 Å². The topological polar surface area (TPSA) is 140 Å². The van der Waals surface area contributed by atoms with Crippen molar-refractivity contribution in [2.45, 2.75) is 59.9 Å². The number of nitrogen functional groups attached to an aromatic ring is 1. The molecule has 0 bridgehead atoms. The lowest BCUT2D eigenvalue weighted by molar-refractivity contribution is 0.0985. The van der Waals surface area contributed by atoms with Crippen molar-refractivity contribution in [1.29, 1.82) is 0 Å². The first-order valence-electron chi connectivity index (χ1n) is 11.3. The molecule has 176 valence electrons. The molecule has 3 aromatic heterocycles. The lowest BCUT2D eigenvalue weighted by Gasteiger charge is -2.26. The Morgan fingerprint density at radius 3 is 2.58 bits per heavy atom. The highest BCUT2D eigenvalue weighted by atomic mass is 16.5. The van der Waals surface area contributed by atoms with Gasteiger partial charge >= 0.3 is 5.69 Å². The zero-order chi connectivity index (χ0) is 24.0. The summed E-state index contributed by atoms with van der Waals surface area (Å²) in [6.45, 7) is 10.1. The number of rotatable bonds is 7. The average molecular weight is 455 g/mol. The van der Waals surface area contributed by atoms with E-state index in [9.17, 15) is 14.4 Å². The Morgan fingerprint density at radius 2 is 1.97 bits per heavy atom. The normalized spacial score (nSPS) is 13.9. The van der Waals surface area contributed by atoms with Crippen molar-refractivity contribution in [2.75, 3.05) is 17.2 Å². The van der Waals surface area contributed by atoms with E-state index in [4.69, 9.17) is 10.3 Å². The summed E-state index contributed by atoms with van der Waals surface area (Å²) in [5, 5.41) is 4.52. The Labute approximate surface area is 190 Å². The van der Waals surface area contributed by atoms with Gasteiger partial charge < -0.3 is 15.2 Å². The molecule has 0 spiro atoms. The van der Waals surface area contributed by atoms with E-state index in [-0.39, 0.29) is 35.8 Å². The molecule has 33 heavy (non-hydrogen) atoms. The van der Waals surface area contributed by atoms with Crippen molar-refractivity contribution >= 4 is 28.5 Å². The molecule has 0 atom stereocenters. The number of pyridine rings is 1. The molecule has 10 heteroatoms. The molecule has 10 nitrogen and oxygen atoms in total. The summed E-state index contributed by atoms with van der Waals surface area (Å²) in [6.07, 6.45) is 2.00. The number of amides is 1. The van der Waals surface area contributed by atoms with Crippen molar-refractivity contribution in [3.63, 3.8) is 0 Å². The molecule has 3 heterocycles. The fourth-order valence-corrected chi connectivity index (χ4v) is 4.04. The Kier molecular flexibility index (Phi) is 5.85. The number of fused-ring (bicyclic) bond motifs is 1. The highest BCUT2D eigenvalue weighted by molar-refractivity contribution is 6.14. The molecule has 3 N–H and O–H groups in total. The molecular formula is C23H30N6O4. The molecule has 3 aromatic rings. The number of nitrogens with two attached hydrogens (primary N) is 1. The second-order valence-electron chi connectivity index (χ2n) is 9.62. The first-order chi connectivity index (χ1) is 15.6. The van der Waals surface area contributed by atoms with Gasteiger partial charge in [0.2, 0.25) is 0 Å². The minimum absolute atomic E-state index is 0.0267. The summed E-state index contributed by atoms with van der Waals surface area (Å²) < 4.78 is 6.69. The minimum Gasteiger partial charge on any atom is -0.383 e. The number of aromatic amines is 1. The van der Waals surface area contributed by atoms with Crippen LogP contribution in [-0.4, -0.2) is 32.1 Å². The minimum atomic E-state index is -0.693. The van der Waals surface area contributed by atoms with Crippen molar-refractivity contribution in [3.05, 3.63) is 43.9 Å². The predicted octanol–water partition coefficient (Wildman–Crippen LogP) is 2.80. The van der Waals surface area contributed by atoms with Gasteiger partial charge in [0.25, 0.3) is 17.2 Å². The van der Waals surface area contributed by atoms with E-state index >= 15 is 0 Å². The lowest BCUT2D eigenvalue weighted by Crippen LogP contribution is -2.43. The first kappa shape index (κ1) is 22.8. The van der Waals surface area contributed by atoms with Crippen LogP contribution < -0.4 is 21.9 Å². The summed E-state index contributed by atoms with van der Waals surface area (Å²) >= 11 is 0. The van der Waals surface area contributed by atoms with Crippen LogP contribution in [-0.2, 0) is 6.54 Å². The van der Waals surface area contributed by atoms with Gasteiger partial charge in [-0.15, -0.1) is 0 Å². The number of nitrogens with one attached hydrogen (secondary N) is 1. The molecule has 1 aliphatic rings. The van der Waals surface area contributed by atoms with Gasteiger partial charge in [-0.3, -0.25) is 19.1 Å². The zero-order valence-electron chi connectivity index (χ0n) is 19.6. The van der Waals surface area contributed by atoms with Crippen LogP contribution in [0.1, 0.15) is 68.2 Å². The summed E-state index contributed by atoms with van der Waals surface area (Å²) in [6, 6.07) is 1.77. The van der Waals surface area contributed by atoms with Gasteiger partial charge in [-0.25, -0.2) is 9.78 Å². The summed E-state index contributed by atoms with van der Waals surface area (Å²) in [4.78, 5) is 47.6. The van der Waals surface area contributed by atoms with Gasteiger partial charge in [-0.1, -0.05) is 32.9 Å². The monoisotopic (exact) mass is 454 g/mol. The molecule has 4 rings (SSSR count). The summed E-state index contributed by atoms with van der Waals surface area (Å²) in [5.74, 6) is -0.00983. The lowest BCUT2D eigenvalue weighted by atomic mass is 10.1. The fraction of sp³-hybridized carbons (Fsp3) is 0.522. The van der Waals surface area contributed by atoms with E-state index in [1.54, 1.807) is 13.0 Å². The second kappa shape index (κ2) is 8.49. The smallest absolute Gasteiger partial charge is 0.330 e. The van der Waals surface area contributed by atoms with Crippen molar-refractivity contribution in [3.8, 4) is 0 Å². The number of aromatic nitrogens is 4. The Balaban J connectivity index is 1.92. The van der Waals surface area contributed by atoms with E-state index in [0.717, 1.165) is 18.5 Å². The first-order valence-corrected chi connectivity index (χ1v) is 11.3. The predicted molar refractivity (Wildman–Crippen MR) is 126 cm³/mol. The third kappa shape index (κ3) is 4.29. The maximum absolute atomic E-state index is 14.0. The molecule has 0 saturated heterocycles. The van der Waals surface area contributed by atoms with Crippen LogP contribution in [0, 0.1) is 18.8 Å².